The molecule has 2 aliphatic rings. The van der Waals surface area contributed by atoms with Crippen LogP contribution in [0, 0.1) is 6.92 Å². The van der Waals surface area contributed by atoms with Crippen LogP contribution >= 0.6 is 0 Å². The first-order valence-corrected chi connectivity index (χ1v) is 9.25. The minimum atomic E-state index is 0.518. The summed E-state index contributed by atoms with van der Waals surface area (Å²) in [5.41, 5.74) is 5.72. The van der Waals surface area contributed by atoms with E-state index in [1.165, 1.54) is 35.1 Å². The molecular formula is C22H27NO2. The lowest BCUT2D eigenvalue weighted by Crippen LogP contribution is -2.41. The fraction of sp³-hybridized carbons (Fsp3) is 0.455. The van der Waals surface area contributed by atoms with Gasteiger partial charge in [-0.05, 0) is 60.9 Å². The minimum Gasteiger partial charge on any atom is -0.493 e. The average Bonchev–Trinajstić information content (AvgIpc) is 2.66. The molecule has 1 saturated heterocycles. The molecule has 2 heterocycles. The summed E-state index contributed by atoms with van der Waals surface area (Å²) in [6, 6.07) is 13.9. The number of methoxy groups -OCH3 is 2. The maximum Gasteiger partial charge on any atom is 0.161 e. The summed E-state index contributed by atoms with van der Waals surface area (Å²) in [7, 11) is 3.44. The summed E-state index contributed by atoms with van der Waals surface area (Å²) >= 11 is 0. The Morgan fingerprint density at radius 1 is 1.00 bits per heavy atom. The normalized spacial score (nSPS) is 22.8. The van der Waals surface area contributed by atoms with Gasteiger partial charge in [0.05, 0.1) is 14.2 Å². The molecule has 2 aliphatic heterocycles. The first-order valence-electron chi connectivity index (χ1n) is 9.25. The zero-order valence-corrected chi connectivity index (χ0v) is 15.4. The van der Waals surface area contributed by atoms with Crippen LogP contribution in [0.25, 0.3) is 0 Å². The highest BCUT2D eigenvalue weighted by molar-refractivity contribution is 5.49. The first kappa shape index (κ1) is 16.5. The number of benzene rings is 2. The Kier molecular flexibility index (Phi) is 4.43. The van der Waals surface area contributed by atoms with Crippen LogP contribution in [0.1, 0.15) is 47.1 Å². The third kappa shape index (κ3) is 3.02. The van der Waals surface area contributed by atoms with Crippen LogP contribution < -0.4 is 9.47 Å². The SMILES string of the molecule is COc1cc2c(cc1OC)C1CCC(c3cccc(C)c3)CN1CC2. The molecule has 0 spiro atoms. The Balaban J connectivity index is 1.60. The highest BCUT2D eigenvalue weighted by atomic mass is 16.5. The van der Waals surface area contributed by atoms with Crippen LogP contribution in [0.2, 0.25) is 0 Å². The van der Waals surface area contributed by atoms with E-state index in [-0.39, 0.29) is 0 Å². The predicted octanol–water partition coefficient (Wildman–Crippen LogP) is 4.49. The second-order valence-electron chi connectivity index (χ2n) is 7.36. The molecule has 0 radical (unpaired) electrons. The molecule has 0 saturated carbocycles. The molecule has 2 aromatic rings. The summed E-state index contributed by atoms with van der Waals surface area (Å²) in [5.74, 6) is 2.35. The number of hydrogen-bond acceptors (Lipinski definition) is 3. The molecule has 3 heteroatoms. The molecule has 25 heavy (non-hydrogen) atoms. The standard InChI is InChI=1S/C22H27NO2/c1-15-5-4-6-16(11-15)18-7-8-20-19-13-22(25-3)21(24-2)12-17(19)9-10-23(20)14-18/h4-6,11-13,18,20H,7-10,14H2,1-3H3. The third-order valence-corrected chi connectivity index (χ3v) is 5.87. The van der Waals surface area contributed by atoms with Gasteiger partial charge < -0.3 is 9.47 Å². The maximum absolute atomic E-state index is 5.54. The summed E-state index contributed by atoms with van der Waals surface area (Å²) in [6.07, 6.45) is 3.55. The number of ether oxygens (including phenoxy) is 2. The van der Waals surface area contributed by atoms with Crippen LogP contribution in [0.4, 0.5) is 0 Å². The second kappa shape index (κ2) is 6.72. The van der Waals surface area contributed by atoms with Crippen molar-refractivity contribution in [3.63, 3.8) is 0 Å². The van der Waals surface area contributed by atoms with E-state index in [0.29, 0.717) is 12.0 Å². The Bertz CT molecular complexity index is 771. The molecular weight excluding hydrogens is 310 g/mol. The van der Waals surface area contributed by atoms with Gasteiger partial charge in [0.15, 0.2) is 11.5 Å². The van der Waals surface area contributed by atoms with Crippen LogP contribution in [-0.4, -0.2) is 32.2 Å². The summed E-state index contributed by atoms with van der Waals surface area (Å²) in [5, 5.41) is 0. The van der Waals surface area contributed by atoms with Crippen molar-refractivity contribution in [2.45, 2.75) is 38.1 Å². The number of nitrogens with zero attached hydrogens (tertiary/aromatic N) is 1. The molecule has 3 nitrogen and oxygen atoms in total. The van der Waals surface area contributed by atoms with Gasteiger partial charge >= 0.3 is 0 Å². The third-order valence-electron chi connectivity index (χ3n) is 5.87. The largest absolute Gasteiger partial charge is 0.493 e. The van der Waals surface area contributed by atoms with Crippen LogP contribution in [-0.2, 0) is 6.42 Å². The van der Waals surface area contributed by atoms with Crippen molar-refractivity contribution in [2.24, 2.45) is 0 Å². The Labute approximate surface area is 150 Å². The quantitative estimate of drug-likeness (QED) is 0.824. The van der Waals surface area contributed by atoms with Gasteiger partial charge in [0, 0.05) is 19.1 Å². The van der Waals surface area contributed by atoms with E-state index in [4.69, 9.17) is 9.47 Å². The molecule has 0 aliphatic carbocycles. The van der Waals surface area contributed by atoms with E-state index in [0.717, 1.165) is 31.0 Å². The van der Waals surface area contributed by atoms with Gasteiger partial charge in [-0.1, -0.05) is 29.8 Å². The molecule has 2 atom stereocenters. The van der Waals surface area contributed by atoms with Gasteiger partial charge in [-0.3, -0.25) is 4.90 Å². The molecule has 0 aromatic heterocycles. The molecule has 4 rings (SSSR count). The van der Waals surface area contributed by atoms with Gasteiger partial charge in [-0.2, -0.15) is 0 Å². The lowest BCUT2D eigenvalue weighted by atomic mass is 9.81. The van der Waals surface area contributed by atoms with Gasteiger partial charge in [0.1, 0.15) is 0 Å². The fourth-order valence-corrected chi connectivity index (χ4v) is 4.57. The van der Waals surface area contributed by atoms with Crippen molar-refractivity contribution in [1.29, 1.82) is 0 Å². The number of fused-ring (bicyclic) bond motifs is 3. The number of hydrogen-bond donors (Lipinski definition) is 0. The summed E-state index contributed by atoms with van der Waals surface area (Å²) < 4.78 is 11.0. The molecule has 2 unspecified atom stereocenters. The van der Waals surface area contributed by atoms with E-state index in [9.17, 15) is 0 Å². The lowest BCUT2D eigenvalue weighted by Gasteiger charge is -2.44. The summed E-state index contributed by atoms with van der Waals surface area (Å²) in [6.45, 7) is 4.48. The Morgan fingerprint density at radius 3 is 2.56 bits per heavy atom. The predicted molar refractivity (Wildman–Crippen MR) is 101 cm³/mol. The molecule has 0 N–H and O–H groups in total. The minimum absolute atomic E-state index is 0.518. The first-order chi connectivity index (χ1) is 12.2. The number of piperidine rings is 1. The van der Waals surface area contributed by atoms with Crippen molar-refractivity contribution in [3.05, 3.63) is 58.7 Å². The Hall–Kier alpha value is -2.00. The van der Waals surface area contributed by atoms with E-state index in [1.807, 2.05) is 0 Å². The van der Waals surface area contributed by atoms with Gasteiger partial charge in [-0.25, -0.2) is 0 Å². The van der Waals surface area contributed by atoms with Crippen molar-refractivity contribution in [3.8, 4) is 11.5 Å². The smallest absolute Gasteiger partial charge is 0.161 e. The zero-order valence-electron chi connectivity index (χ0n) is 15.4. The van der Waals surface area contributed by atoms with Crippen molar-refractivity contribution < 1.29 is 9.47 Å². The molecule has 132 valence electrons. The number of aryl methyl sites for hydroxylation is 1. The highest BCUT2D eigenvalue weighted by Crippen LogP contribution is 2.44. The van der Waals surface area contributed by atoms with E-state index in [1.54, 1.807) is 14.2 Å². The van der Waals surface area contributed by atoms with E-state index in [2.05, 4.69) is 48.2 Å². The van der Waals surface area contributed by atoms with Gasteiger partial charge in [0.2, 0.25) is 0 Å². The monoisotopic (exact) mass is 337 g/mol. The number of rotatable bonds is 3. The maximum atomic E-state index is 5.54. The fourth-order valence-electron chi connectivity index (χ4n) is 4.57. The zero-order chi connectivity index (χ0) is 17.4. The van der Waals surface area contributed by atoms with Crippen LogP contribution in [0.3, 0.4) is 0 Å². The average molecular weight is 337 g/mol. The van der Waals surface area contributed by atoms with Crippen molar-refractivity contribution >= 4 is 0 Å². The van der Waals surface area contributed by atoms with Gasteiger partial charge in [0.25, 0.3) is 0 Å². The van der Waals surface area contributed by atoms with Crippen molar-refractivity contribution in [2.75, 3.05) is 27.3 Å². The molecule has 2 aromatic carbocycles. The highest BCUT2D eigenvalue weighted by Gasteiger charge is 2.34. The van der Waals surface area contributed by atoms with Crippen molar-refractivity contribution in [1.82, 2.24) is 4.90 Å². The molecule has 0 amide bonds. The van der Waals surface area contributed by atoms with Crippen LogP contribution in [0.15, 0.2) is 36.4 Å². The second-order valence-corrected chi connectivity index (χ2v) is 7.36. The topological polar surface area (TPSA) is 21.7 Å². The summed E-state index contributed by atoms with van der Waals surface area (Å²) in [4.78, 5) is 2.67. The van der Waals surface area contributed by atoms with E-state index >= 15 is 0 Å². The van der Waals surface area contributed by atoms with E-state index < -0.39 is 0 Å². The van der Waals surface area contributed by atoms with Crippen LogP contribution in [0.5, 0.6) is 11.5 Å². The van der Waals surface area contributed by atoms with Gasteiger partial charge in [-0.15, -0.1) is 0 Å². The molecule has 0 bridgehead atoms. The lowest BCUT2D eigenvalue weighted by molar-refractivity contribution is 0.123. The molecule has 1 fully saturated rings. The Morgan fingerprint density at radius 2 is 1.80 bits per heavy atom.